The molecule has 0 aliphatic heterocycles. The third-order valence-electron chi connectivity index (χ3n) is 1.46. The minimum Gasteiger partial charge on any atom is -0.207 e. The Kier molecular flexibility index (Phi) is 4.09. The first-order valence-corrected chi connectivity index (χ1v) is 3.96. The van der Waals surface area contributed by atoms with Crippen LogP contribution in [0.25, 0.3) is 0 Å². The summed E-state index contributed by atoms with van der Waals surface area (Å²) in [6, 6.07) is 0. The molecule has 0 spiro atoms. The first-order valence-electron chi connectivity index (χ1n) is 3.96. The normalized spacial score (nSPS) is 13.3. The monoisotopic (exact) mass is 156 g/mol. The second-order valence-electron chi connectivity index (χ2n) is 3.47. The van der Waals surface area contributed by atoms with Crippen LogP contribution < -0.4 is 0 Å². The van der Waals surface area contributed by atoms with E-state index in [1.165, 1.54) is 0 Å². The Morgan fingerprint density at radius 3 is 2.09 bits per heavy atom. The van der Waals surface area contributed by atoms with E-state index >= 15 is 0 Å². The highest BCUT2D eigenvalue weighted by molar-refractivity contribution is 5.24. The molecular formula is C10H17F. The molecule has 0 aliphatic rings. The van der Waals surface area contributed by atoms with Gasteiger partial charge < -0.3 is 0 Å². The highest BCUT2D eigenvalue weighted by Gasteiger charge is 2.03. The van der Waals surface area contributed by atoms with Gasteiger partial charge in [0.1, 0.15) is 5.83 Å². The van der Waals surface area contributed by atoms with Gasteiger partial charge in [0.2, 0.25) is 0 Å². The van der Waals surface area contributed by atoms with Gasteiger partial charge in [0.05, 0.1) is 0 Å². The van der Waals surface area contributed by atoms with Gasteiger partial charge in [0.25, 0.3) is 0 Å². The lowest BCUT2D eigenvalue weighted by molar-refractivity contribution is 0.589. The van der Waals surface area contributed by atoms with Crippen molar-refractivity contribution in [1.29, 1.82) is 0 Å². The highest BCUT2D eigenvalue weighted by Crippen LogP contribution is 2.19. The highest BCUT2D eigenvalue weighted by atomic mass is 19.1. The molecule has 0 heterocycles. The van der Waals surface area contributed by atoms with Gasteiger partial charge in [-0.2, -0.15) is 0 Å². The molecule has 11 heavy (non-hydrogen) atoms. The first-order chi connectivity index (χ1) is 4.95. The van der Waals surface area contributed by atoms with Crippen molar-refractivity contribution in [3.05, 3.63) is 23.6 Å². The lowest BCUT2D eigenvalue weighted by Crippen LogP contribution is -1.91. The van der Waals surface area contributed by atoms with E-state index in [0.29, 0.717) is 11.5 Å². The summed E-state index contributed by atoms with van der Waals surface area (Å²) in [6.07, 6.45) is 0.818. The topological polar surface area (TPSA) is 0 Å². The summed E-state index contributed by atoms with van der Waals surface area (Å²) in [5.41, 5.74) is 1.34. The predicted octanol–water partition coefficient (Wildman–Crippen LogP) is 3.85. The van der Waals surface area contributed by atoms with Crippen LogP contribution in [0.1, 0.15) is 34.1 Å². The average Bonchev–Trinajstić information content (AvgIpc) is 1.84. The van der Waals surface area contributed by atoms with Crippen LogP contribution in [0.5, 0.6) is 0 Å². The zero-order valence-electron chi connectivity index (χ0n) is 7.87. The molecule has 0 aliphatic carbocycles. The molecule has 64 valence electrons. The first kappa shape index (κ1) is 10.4. The Labute approximate surface area is 68.8 Å². The number of hydrogen-bond acceptors (Lipinski definition) is 0. The summed E-state index contributed by atoms with van der Waals surface area (Å²) in [5, 5.41) is 0. The molecule has 0 fully saturated rings. The van der Waals surface area contributed by atoms with Crippen LogP contribution in [0.15, 0.2) is 23.6 Å². The van der Waals surface area contributed by atoms with Crippen molar-refractivity contribution in [2.75, 3.05) is 0 Å². The molecule has 0 saturated heterocycles. The van der Waals surface area contributed by atoms with Crippen molar-refractivity contribution in [1.82, 2.24) is 0 Å². The molecule has 0 saturated carbocycles. The zero-order chi connectivity index (χ0) is 9.02. The van der Waals surface area contributed by atoms with Gasteiger partial charge in [-0.1, -0.05) is 20.4 Å². The molecule has 1 heteroatoms. The van der Waals surface area contributed by atoms with Crippen LogP contribution in [0, 0.1) is 5.92 Å². The minimum atomic E-state index is -0.126. The van der Waals surface area contributed by atoms with E-state index in [9.17, 15) is 4.39 Å². The molecule has 0 rings (SSSR count). The Hall–Kier alpha value is -0.590. The summed E-state index contributed by atoms with van der Waals surface area (Å²) in [4.78, 5) is 0. The molecular weight excluding hydrogens is 139 g/mol. The van der Waals surface area contributed by atoms with Crippen molar-refractivity contribution < 1.29 is 4.39 Å². The smallest absolute Gasteiger partial charge is 0.124 e. The molecule has 0 aromatic carbocycles. The number of hydrogen-bond donors (Lipinski definition) is 0. The van der Waals surface area contributed by atoms with Gasteiger partial charge in [-0.15, -0.1) is 0 Å². The molecule has 0 radical (unpaired) electrons. The Balaban J connectivity index is 4.28. The molecule has 0 aromatic heterocycles. The van der Waals surface area contributed by atoms with Gasteiger partial charge in [0.15, 0.2) is 0 Å². The Bertz CT molecular complexity index is 175. The molecule has 0 aromatic rings. The summed E-state index contributed by atoms with van der Waals surface area (Å²) < 4.78 is 13.1. The second kappa shape index (κ2) is 4.32. The lowest BCUT2D eigenvalue weighted by Gasteiger charge is -2.06. The van der Waals surface area contributed by atoms with E-state index in [-0.39, 0.29) is 5.83 Å². The maximum atomic E-state index is 13.1. The van der Waals surface area contributed by atoms with Crippen molar-refractivity contribution in [3.63, 3.8) is 0 Å². The number of allylic oxidation sites excluding steroid dienone is 3. The zero-order valence-corrected chi connectivity index (χ0v) is 7.87. The summed E-state index contributed by atoms with van der Waals surface area (Å²) in [7, 11) is 0. The van der Waals surface area contributed by atoms with Crippen LogP contribution in [-0.4, -0.2) is 0 Å². The molecule has 0 N–H and O–H groups in total. The van der Waals surface area contributed by atoms with Crippen molar-refractivity contribution >= 4 is 0 Å². The fraction of sp³-hybridized carbons (Fsp3) is 0.600. The van der Waals surface area contributed by atoms with Crippen LogP contribution in [0.4, 0.5) is 4.39 Å². The SMILES string of the molecule is C=C(C)/C(F)=C(\C)CC(C)C. The van der Waals surface area contributed by atoms with Gasteiger partial charge in [0, 0.05) is 0 Å². The Morgan fingerprint density at radius 2 is 1.82 bits per heavy atom. The average molecular weight is 156 g/mol. The third-order valence-corrected chi connectivity index (χ3v) is 1.46. The maximum Gasteiger partial charge on any atom is 0.124 e. The number of halogens is 1. The van der Waals surface area contributed by atoms with Gasteiger partial charge in [-0.3, -0.25) is 0 Å². The van der Waals surface area contributed by atoms with Gasteiger partial charge in [-0.25, -0.2) is 4.39 Å². The Morgan fingerprint density at radius 1 is 1.36 bits per heavy atom. The van der Waals surface area contributed by atoms with Crippen LogP contribution in [0.3, 0.4) is 0 Å². The molecule has 0 nitrogen and oxygen atoms in total. The fourth-order valence-electron chi connectivity index (χ4n) is 1.07. The maximum absolute atomic E-state index is 13.1. The van der Waals surface area contributed by atoms with E-state index in [1.807, 2.05) is 6.92 Å². The van der Waals surface area contributed by atoms with Crippen molar-refractivity contribution in [2.45, 2.75) is 34.1 Å². The van der Waals surface area contributed by atoms with Gasteiger partial charge >= 0.3 is 0 Å². The van der Waals surface area contributed by atoms with E-state index in [2.05, 4.69) is 20.4 Å². The van der Waals surface area contributed by atoms with Gasteiger partial charge in [-0.05, 0) is 37.3 Å². The summed E-state index contributed by atoms with van der Waals surface area (Å²) in [5.74, 6) is 0.388. The van der Waals surface area contributed by atoms with Crippen LogP contribution in [0.2, 0.25) is 0 Å². The summed E-state index contributed by atoms with van der Waals surface area (Å²) in [6.45, 7) is 11.2. The van der Waals surface area contributed by atoms with Crippen LogP contribution in [-0.2, 0) is 0 Å². The summed E-state index contributed by atoms with van der Waals surface area (Å²) >= 11 is 0. The third kappa shape index (κ3) is 3.97. The largest absolute Gasteiger partial charge is 0.207 e. The molecule has 0 bridgehead atoms. The predicted molar refractivity (Wildman–Crippen MR) is 48.1 cm³/mol. The minimum absolute atomic E-state index is 0.126. The van der Waals surface area contributed by atoms with E-state index in [4.69, 9.17) is 0 Å². The van der Waals surface area contributed by atoms with E-state index in [0.717, 1.165) is 12.0 Å². The standard InChI is InChI=1S/C10H17F/c1-7(2)6-9(5)10(11)8(3)4/h7H,3,6H2,1-2,4-5H3/b10-9-. The molecule has 0 atom stereocenters. The van der Waals surface area contributed by atoms with Crippen molar-refractivity contribution in [2.24, 2.45) is 5.92 Å². The fourth-order valence-corrected chi connectivity index (χ4v) is 1.07. The van der Waals surface area contributed by atoms with Crippen molar-refractivity contribution in [3.8, 4) is 0 Å². The number of rotatable bonds is 3. The van der Waals surface area contributed by atoms with Crippen LogP contribution >= 0.6 is 0 Å². The second-order valence-corrected chi connectivity index (χ2v) is 3.47. The molecule has 0 unspecified atom stereocenters. The van der Waals surface area contributed by atoms with E-state index < -0.39 is 0 Å². The lowest BCUT2D eigenvalue weighted by atomic mass is 10.0. The van der Waals surface area contributed by atoms with E-state index in [1.54, 1.807) is 6.92 Å². The molecule has 0 amide bonds. The quantitative estimate of drug-likeness (QED) is 0.544.